The fraction of sp³-hybridized carbons (Fsp3) is 0.429. The molecule has 0 fully saturated rings. The minimum atomic E-state index is -0.572. The van der Waals surface area contributed by atoms with Crippen LogP contribution in [0.4, 0.5) is 0 Å². The van der Waals surface area contributed by atoms with Gasteiger partial charge in [-0.25, -0.2) is 9.59 Å². The highest BCUT2D eigenvalue weighted by molar-refractivity contribution is 5.91. The van der Waals surface area contributed by atoms with Gasteiger partial charge in [-0.1, -0.05) is 12.2 Å². The molecule has 2 unspecified atom stereocenters. The van der Waals surface area contributed by atoms with Crippen molar-refractivity contribution in [3.63, 3.8) is 0 Å². The zero-order valence-electron chi connectivity index (χ0n) is 10.9. The van der Waals surface area contributed by atoms with Crippen LogP contribution in [0.5, 0.6) is 0 Å². The first-order valence-electron chi connectivity index (χ1n) is 5.80. The number of carbonyl (C=O) groups is 2. The van der Waals surface area contributed by atoms with E-state index in [0.717, 1.165) is 12.2 Å². The van der Waals surface area contributed by atoms with Crippen LogP contribution in [0.25, 0.3) is 0 Å². The van der Waals surface area contributed by atoms with Crippen molar-refractivity contribution in [2.24, 2.45) is 0 Å². The van der Waals surface area contributed by atoms with E-state index in [4.69, 9.17) is 9.47 Å². The summed E-state index contributed by atoms with van der Waals surface area (Å²) in [4.78, 5) is 22.6. The number of hydrogen-bond acceptors (Lipinski definition) is 4. The first-order chi connectivity index (χ1) is 8.49. The largest absolute Gasteiger partial charge is 0.459 e. The lowest BCUT2D eigenvalue weighted by Gasteiger charge is -2.09. The second-order valence-corrected chi connectivity index (χ2v) is 3.88. The number of hydrogen-bond donors (Lipinski definition) is 0. The quantitative estimate of drug-likeness (QED) is 0.378. The summed E-state index contributed by atoms with van der Waals surface area (Å²) >= 11 is 0. The lowest BCUT2D eigenvalue weighted by molar-refractivity contribution is -0.144. The summed E-state index contributed by atoms with van der Waals surface area (Å²) in [7, 11) is 0. The minimum Gasteiger partial charge on any atom is -0.459 e. The van der Waals surface area contributed by atoms with Gasteiger partial charge in [0, 0.05) is 25.0 Å². The molecule has 4 heteroatoms. The Bertz CT molecular complexity index is 299. The molecule has 4 nitrogen and oxygen atoms in total. The van der Waals surface area contributed by atoms with Gasteiger partial charge in [0.05, 0.1) is 0 Å². The van der Waals surface area contributed by atoms with Crippen molar-refractivity contribution in [1.82, 2.24) is 0 Å². The van der Waals surface area contributed by atoms with Crippen molar-refractivity contribution in [1.29, 1.82) is 0 Å². The third-order valence-corrected chi connectivity index (χ3v) is 1.99. The molecule has 0 aliphatic carbocycles. The van der Waals surface area contributed by atoms with Crippen LogP contribution in [0.2, 0.25) is 0 Å². The van der Waals surface area contributed by atoms with Crippen LogP contribution in [-0.4, -0.2) is 24.1 Å². The predicted molar refractivity (Wildman–Crippen MR) is 69.9 cm³/mol. The molecule has 0 N–H and O–H groups in total. The third-order valence-electron chi connectivity index (χ3n) is 1.99. The van der Waals surface area contributed by atoms with E-state index in [1.807, 2.05) is 0 Å². The average molecular weight is 252 g/mol. The van der Waals surface area contributed by atoms with Crippen LogP contribution in [0.15, 0.2) is 37.5 Å². The maximum atomic E-state index is 11.3. The van der Waals surface area contributed by atoms with Crippen LogP contribution >= 0.6 is 0 Å². The van der Waals surface area contributed by atoms with E-state index in [1.165, 1.54) is 0 Å². The Balaban J connectivity index is 4.05. The normalized spacial score (nSPS) is 13.7. The van der Waals surface area contributed by atoms with Gasteiger partial charge in [0.2, 0.25) is 0 Å². The van der Waals surface area contributed by atoms with Gasteiger partial charge < -0.3 is 9.47 Å². The lowest BCUT2D eigenvalue weighted by atomic mass is 10.3. The summed E-state index contributed by atoms with van der Waals surface area (Å²) in [6.07, 6.45) is 6.07. The van der Waals surface area contributed by atoms with E-state index in [1.54, 1.807) is 26.0 Å². The highest BCUT2D eigenvalue weighted by atomic mass is 16.5. The molecule has 0 bridgehead atoms. The summed E-state index contributed by atoms with van der Waals surface area (Å²) in [5, 5.41) is 0. The van der Waals surface area contributed by atoms with Gasteiger partial charge in [0.1, 0.15) is 12.2 Å². The SMILES string of the molecule is C=CCC(C)OC(=O)/C=C/C(=O)OC(C)CC=C. The predicted octanol–water partition coefficient (Wildman–Crippen LogP) is 2.56. The Labute approximate surface area is 108 Å². The van der Waals surface area contributed by atoms with Crippen LogP contribution in [-0.2, 0) is 19.1 Å². The lowest BCUT2D eigenvalue weighted by Crippen LogP contribution is -2.14. The van der Waals surface area contributed by atoms with Crippen LogP contribution in [0.1, 0.15) is 26.7 Å². The number of esters is 2. The summed E-state index contributed by atoms with van der Waals surface area (Å²) < 4.78 is 9.95. The van der Waals surface area contributed by atoms with E-state index < -0.39 is 11.9 Å². The molecule has 0 amide bonds. The van der Waals surface area contributed by atoms with Gasteiger partial charge in [-0.3, -0.25) is 0 Å². The van der Waals surface area contributed by atoms with E-state index in [9.17, 15) is 9.59 Å². The molecule has 0 heterocycles. The molecule has 2 atom stereocenters. The molecule has 0 rings (SSSR count). The first-order valence-corrected chi connectivity index (χ1v) is 5.80. The highest BCUT2D eigenvalue weighted by Crippen LogP contribution is 2.01. The fourth-order valence-electron chi connectivity index (χ4n) is 1.18. The van der Waals surface area contributed by atoms with Gasteiger partial charge in [-0.15, -0.1) is 13.2 Å². The molecule has 0 aromatic carbocycles. The van der Waals surface area contributed by atoms with E-state index in [0.29, 0.717) is 12.8 Å². The molecule has 0 aliphatic rings. The molecule has 0 saturated carbocycles. The van der Waals surface area contributed by atoms with Crippen molar-refractivity contribution in [2.75, 3.05) is 0 Å². The molecule has 100 valence electrons. The number of rotatable bonds is 8. The Morgan fingerprint density at radius 1 is 0.944 bits per heavy atom. The zero-order chi connectivity index (χ0) is 14.0. The van der Waals surface area contributed by atoms with Crippen molar-refractivity contribution < 1.29 is 19.1 Å². The van der Waals surface area contributed by atoms with Crippen molar-refractivity contribution in [3.8, 4) is 0 Å². The molecule has 0 spiro atoms. The monoisotopic (exact) mass is 252 g/mol. The zero-order valence-corrected chi connectivity index (χ0v) is 10.9. The highest BCUT2D eigenvalue weighted by Gasteiger charge is 2.07. The van der Waals surface area contributed by atoms with Crippen LogP contribution in [0, 0.1) is 0 Å². The van der Waals surface area contributed by atoms with Crippen molar-refractivity contribution in [3.05, 3.63) is 37.5 Å². The Hall–Kier alpha value is -1.84. The smallest absolute Gasteiger partial charge is 0.331 e. The molecule has 0 aromatic rings. The van der Waals surface area contributed by atoms with Crippen LogP contribution < -0.4 is 0 Å². The van der Waals surface area contributed by atoms with Gasteiger partial charge >= 0.3 is 11.9 Å². The van der Waals surface area contributed by atoms with Crippen molar-refractivity contribution >= 4 is 11.9 Å². The van der Waals surface area contributed by atoms with E-state index >= 15 is 0 Å². The molecule has 0 radical (unpaired) electrons. The maximum absolute atomic E-state index is 11.3. The van der Waals surface area contributed by atoms with E-state index in [2.05, 4.69) is 13.2 Å². The minimum absolute atomic E-state index is 0.254. The summed E-state index contributed by atoms with van der Waals surface area (Å²) in [6, 6.07) is 0. The summed E-state index contributed by atoms with van der Waals surface area (Å²) in [6.45, 7) is 10.6. The standard InChI is InChI=1S/C14H20O4/c1-5-7-11(3)17-13(15)9-10-14(16)18-12(4)8-6-2/h5-6,9-12H,1-2,7-8H2,3-4H3/b10-9+. The molecular formula is C14H20O4. The van der Waals surface area contributed by atoms with Gasteiger partial charge in [-0.2, -0.15) is 0 Å². The number of ether oxygens (including phenoxy) is 2. The maximum Gasteiger partial charge on any atom is 0.331 e. The Kier molecular flexibility index (Phi) is 8.27. The molecule has 0 aliphatic heterocycles. The molecule has 18 heavy (non-hydrogen) atoms. The Morgan fingerprint density at radius 2 is 1.28 bits per heavy atom. The van der Waals surface area contributed by atoms with Gasteiger partial charge in [0.15, 0.2) is 0 Å². The molecular weight excluding hydrogens is 232 g/mol. The average Bonchev–Trinajstić information content (AvgIpc) is 2.27. The second-order valence-electron chi connectivity index (χ2n) is 3.88. The van der Waals surface area contributed by atoms with Gasteiger partial charge in [-0.05, 0) is 13.8 Å². The molecule has 0 saturated heterocycles. The van der Waals surface area contributed by atoms with E-state index in [-0.39, 0.29) is 12.2 Å². The molecule has 0 aromatic heterocycles. The topological polar surface area (TPSA) is 52.6 Å². The van der Waals surface area contributed by atoms with Gasteiger partial charge in [0.25, 0.3) is 0 Å². The summed E-state index contributed by atoms with van der Waals surface area (Å²) in [5.74, 6) is -1.14. The third kappa shape index (κ3) is 8.33. The van der Waals surface area contributed by atoms with Crippen molar-refractivity contribution in [2.45, 2.75) is 38.9 Å². The summed E-state index contributed by atoms with van der Waals surface area (Å²) in [5.41, 5.74) is 0. The first kappa shape index (κ1) is 16.2. The fourth-order valence-corrected chi connectivity index (χ4v) is 1.18. The van der Waals surface area contributed by atoms with Crippen LogP contribution in [0.3, 0.4) is 0 Å². The Morgan fingerprint density at radius 3 is 1.56 bits per heavy atom. The number of carbonyl (C=O) groups excluding carboxylic acids is 2. The second kappa shape index (κ2) is 9.22.